The summed E-state index contributed by atoms with van der Waals surface area (Å²) in [6, 6.07) is 8.13. The lowest BCUT2D eigenvalue weighted by atomic mass is 9.96. The number of hydrogen-bond acceptors (Lipinski definition) is 7. The quantitative estimate of drug-likeness (QED) is 0.447. The smallest absolute Gasteiger partial charge is 0.254 e. The molecule has 0 unspecified atom stereocenters. The second kappa shape index (κ2) is 8.75. The van der Waals surface area contributed by atoms with E-state index in [1.165, 1.54) is 5.56 Å². The van der Waals surface area contributed by atoms with Crippen molar-refractivity contribution in [1.82, 2.24) is 29.6 Å². The van der Waals surface area contributed by atoms with Gasteiger partial charge in [0, 0.05) is 43.6 Å². The van der Waals surface area contributed by atoms with Crippen molar-refractivity contribution in [1.29, 1.82) is 0 Å². The molecule has 2 N–H and O–H groups in total. The van der Waals surface area contributed by atoms with Gasteiger partial charge in [-0.05, 0) is 43.8 Å². The van der Waals surface area contributed by atoms with Crippen molar-refractivity contribution in [2.75, 3.05) is 32.6 Å². The van der Waals surface area contributed by atoms with E-state index < -0.39 is 0 Å². The van der Waals surface area contributed by atoms with E-state index in [1.807, 2.05) is 49.1 Å². The Hall–Kier alpha value is -3.82. The Kier molecular flexibility index (Phi) is 5.43. The van der Waals surface area contributed by atoms with Gasteiger partial charge in [0.1, 0.15) is 5.82 Å². The zero-order valence-corrected chi connectivity index (χ0v) is 19.8. The molecule has 4 aromatic rings. The molecular weight excluding hydrogens is 442 g/mol. The van der Waals surface area contributed by atoms with E-state index in [4.69, 9.17) is 9.72 Å². The molecule has 0 saturated carbocycles. The van der Waals surface area contributed by atoms with Crippen LogP contribution in [0.5, 0.6) is 0 Å². The number of carbonyl (C=O) groups is 1. The standard InChI is InChI=1S/C26H27N7O2/c1-32(2)14-21-17(16-7-10-35-15-16)4-6-23(31-21)30-20-5-3-18(19-11-29-26(34)25(19)20)22-12-28-24-13-27-8-9-33(22)24/h3-6,8-9,12-13,16H,7,10-11,14-15H2,1-2H3,(H,29,34)(H,30,31)/t16-/m1/s1. The summed E-state index contributed by atoms with van der Waals surface area (Å²) in [6.45, 7) is 2.74. The number of fused-ring (bicyclic) bond motifs is 2. The minimum atomic E-state index is -0.0897. The lowest BCUT2D eigenvalue weighted by molar-refractivity contribution is 0.0966. The summed E-state index contributed by atoms with van der Waals surface area (Å²) < 4.78 is 7.60. The van der Waals surface area contributed by atoms with Gasteiger partial charge in [0.15, 0.2) is 5.65 Å². The normalized spacial score (nSPS) is 17.2. The average molecular weight is 470 g/mol. The molecule has 0 aliphatic carbocycles. The highest BCUT2D eigenvalue weighted by molar-refractivity contribution is 6.06. The zero-order valence-electron chi connectivity index (χ0n) is 19.8. The fourth-order valence-corrected chi connectivity index (χ4v) is 5.03. The van der Waals surface area contributed by atoms with Gasteiger partial charge >= 0.3 is 0 Å². The summed E-state index contributed by atoms with van der Waals surface area (Å²) >= 11 is 0. The first-order valence-corrected chi connectivity index (χ1v) is 11.8. The minimum Gasteiger partial charge on any atom is -0.381 e. The molecule has 0 spiro atoms. The Morgan fingerprint density at radius 2 is 2.14 bits per heavy atom. The molecule has 2 aliphatic rings. The number of anilines is 2. The predicted octanol–water partition coefficient (Wildman–Crippen LogP) is 3.34. The lowest BCUT2D eigenvalue weighted by Crippen LogP contribution is -2.16. The average Bonchev–Trinajstić information content (AvgIpc) is 3.60. The highest BCUT2D eigenvalue weighted by atomic mass is 16.5. The van der Waals surface area contributed by atoms with E-state index >= 15 is 0 Å². The number of aromatic nitrogens is 4. The van der Waals surface area contributed by atoms with Crippen molar-refractivity contribution < 1.29 is 9.53 Å². The molecule has 5 heterocycles. The van der Waals surface area contributed by atoms with Gasteiger partial charge in [-0.3, -0.25) is 14.2 Å². The molecule has 1 fully saturated rings. The van der Waals surface area contributed by atoms with Gasteiger partial charge in [-0.2, -0.15) is 0 Å². The summed E-state index contributed by atoms with van der Waals surface area (Å²) in [5.41, 5.74) is 7.28. The van der Waals surface area contributed by atoms with Crippen molar-refractivity contribution in [2.24, 2.45) is 0 Å². The van der Waals surface area contributed by atoms with E-state index in [1.54, 1.807) is 12.4 Å². The summed E-state index contributed by atoms with van der Waals surface area (Å²) in [4.78, 5) is 28.6. The van der Waals surface area contributed by atoms with Crippen LogP contribution in [0.15, 0.2) is 49.1 Å². The molecule has 3 aromatic heterocycles. The van der Waals surface area contributed by atoms with Crippen LogP contribution in [0.3, 0.4) is 0 Å². The zero-order chi connectivity index (χ0) is 23.9. The number of ether oxygens (including phenoxy) is 1. The van der Waals surface area contributed by atoms with Crippen LogP contribution in [-0.2, 0) is 17.8 Å². The molecule has 9 heteroatoms. The molecule has 1 atom stereocenters. The predicted molar refractivity (Wildman–Crippen MR) is 133 cm³/mol. The first kappa shape index (κ1) is 21.7. The van der Waals surface area contributed by atoms with Gasteiger partial charge in [0.25, 0.3) is 5.91 Å². The maximum atomic E-state index is 12.9. The molecule has 1 amide bonds. The minimum absolute atomic E-state index is 0.0897. The van der Waals surface area contributed by atoms with Gasteiger partial charge in [0.2, 0.25) is 0 Å². The Balaban J connectivity index is 1.38. The highest BCUT2D eigenvalue weighted by Gasteiger charge is 2.28. The molecule has 6 rings (SSSR count). The summed E-state index contributed by atoms with van der Waals surface area (Å²) in [5, 5.41) is 6.41. The Bertz CT molecular complexity index is 1420. The molecule has 0 radical (unpaired) electrons. The Morgan fingerprint density at radius 1 is 1.23 bits per heavy atom. The Morgan fingerprint density at radius 3 is 2.97 bits per heavy atom. The van der Waals surface area contributed by atoms with E-state index in [-0.39, 0.29) is 5.91 Å². The van der Waals surface area contributed by atoms with Crippen LogP contribution >= 0.6 is 0 Å². The van der Waals surface area contributed by atoms with Gasteiger partial charge in [-0.25, -0.2) is 9.97 Å². The number of nitrogens with one attached hydrogen (secondary N) is 2. The second-order valence-corrected chi connectivity index (χ2v) is 9.30. The van der Waals surface area contributed by atoms with Crippen molar-refractivity contribution in [2.45, 2.75) is 25.4 Å². The van der Waals surface area contributed by atoms with Crippen molar-refractivity contribution in [3.05, 3.63) is 71.4 Å². The SMILES string of the molecule is CN(C)Cc1nc(Nc2ccc(-c3cnc4cnccn34)c3c2C(=O)NC3)ccc1[C@@H]1CCOC1. The van der Waals surface area contributed by atoms with Crippen LogP contribution in [0.2, 0.25) is 0 Å². The van der Waals surface area contributed by atoms with E-state index in [0.29, 0.717) is 18.0 Å². The number of imidazole rings is 1. The van der Waals surface area contributed by atoms with Crippen LogP contribution in [0, 0.1) is 0 Å². The maximum absolute atomic E-state index is 12.9. The number of rotatable bonds is 6. The van der Waals surface area contributed by atoms with Crippen molar-refractivity contribution in [3.63, 3.8) is 0 Å². The number of benzene rings is 1. The fraction of sp³-hybridized carbons (Fsp3) is 0.308. The molecular formula is C26H27N7O2. The summed E-state index contributed by atoms with van der Waals surface area (Å²) in [6.07, 6.45) is 8.18. The molecule has 178 valence electrons. The monoisotopic (exact) mass is 469 g/mol. The number of nitrogens with zero attached hydrogens (tertiary/aromatic N) is 5. The molecule has 2 aliphatic heterocycles. The number of amides is 1. The first-order valence-electron chi connectivity index (χ1n) is 11.8. The van der Waals surface area contributed by atoms with Gasteiger partial charge in [-0.15, -0.1) is 0 Å². The number of pyridine rings is 1. The highest BCUT2D eigenvalue weighted by Crippen LogP contribution is 2.36. The maximum Gasteiger partial charge on any atom is 0.254 e. The Labute approximate surface area is 203 Å². The van der Waals surface area contributed by atoms with E-state index in [2.05, 4.69) is 31.6 Å². The van der Waals surface area contributed by atoms with E-state index in [9.17, 15) is 4.79 Å². The third-order valence-corrected chi connectivity index (χ3v) is 6.67. The van der Waals surface area contributed by atoms with Gasteiger partial charge < -0.3 is 20.3 Å². The molecule has 1 aromatic carbocycles. The summed E-state index contributed by atoms with van der Waals surface area (Å²) in [5.74, 6) is 1.01. The largest absolute Gasteiger partial charge is 0.381 e. The van der Waals surface area contributed by atoms with Gasteiger partial charge in [0.05, 0.1) is 41.6 Å². The topological polar surface area (TPSA) is 96.7 Å². The van der Waals surface area contributed by atoms with Crippen LogP contribution in [0.1, 0.15) is 39.5 Å². The van der Waals surface area contributed by atoms with Crippen LogP contribution in [0.25, 0.3) is 16.9 Å². The third-order valence-electron chi connectivity index (χ3n) is 6.67. The van der Waals surface area contributed by atoms with Crippen LogP contribution < -0.4 is 10.6 Å². The van der Waals surface area contributed by atoms with Crippen molar-refractivity contribution in [3.8, 4) is 11.3 Å². The third kappa shape index (κ3) is 3.92. The second-order valence-electron chi connectivity index (χ2n) is 9.30. The number of hydrogen-bond donors (Lipinski definition) is 2. The fourth-order valence-electron chi connectivity index (χ4n) is 5.03. The van der Waals surface area contributed by atoms with Crippen LogP contribution in [-0.4, -0.2) is 57.5 Å². The summed E-state index contributed by atoms with van der Waals surface area (Å²) in [7, 11) is 4.09. The molecule has 9 nitrogen and oxygen atoms in total. The van der Waals surface area contributed by atoms with Gasteiger partial charge in [-0.1, -0.05) is 12.1 Å². The van der Waals surface area contributed by atoms with Crippen molar-refractivity contribution >= 4 is 23.1 Å². The molecule has 0 bridgehead atoms. The molecule has 35 heavy (non-hydrogen) atoms. The number of carbonyl (C=O) groups excluding carboxylic acids is 1. The van der Waals surface area contributed by atoms with Crippen LogP contribution in [0.4, 0.5) is 11.5 Å². The lowest BCUT2D eigenvalue weighted by Gasteiger charge is -2.19. The molecule has 1 saturated heterocycles. The first-order chi connectivity index (χ1) is 17.1. The van der Waals surface area contributed by atoms with E-state index in [0.717, 1.165) is 65.8 Å².